The molecule has 1 aromatic heterocycles. The maximum atomic E-state index is 5.64. The highest BCUT2D eigenvalue weighted by atomic mass is 79.9. The molecular weight excluding hydrogens is 310 g/mol. The smallest absolute Gasteiger partial charge is 0.161 e. The maximum Gasteiger partial charge on any atom is 0.161 e. The molecule has 19 heavy (non-hydrogen) atoms. The third kappa shape index (κ3) is 3.61. The van der Waals surface area contributed by atoms with Crippen molar-refractivity contribution in [1.29, 1.82) is 0 Å². The van der Waals surface area contributed by atoms with E-state index >= 15 is 0 Å². The molecule has 2 rings (SSSR count). The van der Waals surface area contributed by atoms with Crippen LogP contribution in [0.25, 0.3) is 0 Å². The van der Waals surface area contributed by atoms with Crippen LogP contribution in [0.2, 0.25) is 0 Å². The summed E-state index contributed by atoms with van der Waals surface area (Å²) >= 11 is 3.28. The van der Waals surface area contributed by atoms with Gasteiger partial charge in [0.05, 0.1) is 20.4 Å². The van der Waals surface area contributed by atoms with Gasteiger partial charge in [0.15, 0.2) is 11.5 Å². The maximum absolute atomic E-state index is 5.64. The fourth-order valence-electron chi connectivity index (χ4n) is 1.58. The second-order valence-corrected chi connectivity index (χ2v) is 4.61. The van der Waals surface area contributed by atoms with E-state index in [0.29, 0.717) is 18.1 Å². The van der Waals surface area contributed by atoms with Crippen molar-refractivity contribution in [1.82, 2.24) is 4.98 Å². The van der Waals surface area contributed by atoms with E-state index in [1.807, 2.05) is 30.3 Å². The highest BCUT2D eigenvalue weighted by molar-refractivity contribution is 9.10. The summed E-state index contributed by atoms with van der Waals surface area (Å²) in [5.41, 5.74) is 1.00. The lowest BCUT2D eigenvalue weighted by Crippen LogP contribution is -1.98. The van der Waals surface area contributed by atoms with Crippen LogP contribution in [0.4, 0.5) is 0 Å². The van der Waals surface area contributed by atoms with Gasteiger partial charge in [-0.1, -0.05) is 6.07 Å². The van der Waals surface area contributed by atoms with Gasteiger partial charge in [-0.3, -0.25) is 0 Å². The van der Waals surface area contributed by atoms with Crippen LogP contribution in [0, 0.1) is 0 Å². The Kier molecular flexibility index (Phi) is 4.63. The molecule has 0 atom stereocenters. The number of pyridine rings is 1. The third-order valence-electron chi connectivity index (χ3n) is 2.55. The second-order valence-electron chi connectivity index (χ2n) is 3.79. The zero-order valence-corrected chi connectivity index (χ0v) is 12.3. The predicted octanol–water partition coefficient (Wildman–Crippen LogP) is 3.44. The number of aromatic nitrogens is 1. The van der Waals surface area contributed by atoms with E-state index in [-0.39, 0.29) is 0 Å². The van der Waals surface area contributed by atoms with Gasteiger partial charge in [0, 0.05) is 0 Å². The van der Waals surface area contributed by atoms with Crippen molar-refractivity contribution >= 4 is 15.9 Å². The Morgan fingerprint density at radius 2 is 1.84 bits per heavy atom. The van der Waals surface area contributed by atoms with Crippen molar-refractivity contribution in [2.24, 2.45) is 0 Å². The van der Waals surface area contributed by atoms with Crippen LogP contribution >= 0.6 is 15.9 Å². The molecule has 1 aromatic carbocycles. The molecule has 0 radical (unpaired) electrons. The van der Waals surface area contributed by atoms with Crippen LogP contribution in [0.5, 0.6) is 17.2 Å². The monoisotopic (exact) mass is 323 g/mol. The van der Waals surface area contributed by atoms with E-state index in [4.69, 9.17) is 14.2 Å². The van der Waals surface area contributed by atoms with Gasteiger partial charge in [-0.15, -0.1) is 0 Å². The molecule has 0 aliphatic carbocycles. The Morgan fingerprint density at radius 3 is 2.47 bits per heavy atom. The van der Waals surface area contributed by atoms with Crippen LogP contribution < -0.4 is 14.2 Å². The predicted molar refractivity (Wildman–Crippen MR) is 75.8 cm³/mol. The normalized spacial score (nSPS) is 10.1. The Balaban J connectivity index is 2.05. The topological polar surface area (TPSA) is 40.6 Å². The lowest BCUT2D eigenvalue weighted by molar-refractivity contribution is 0.302. The number of hydrogen-bond acceptors (Lipinski definition) is 4. The number of rotatable bonds is 5. The van der Waals surface area contributed by atoms with Crippen molar-refractivity contribution < 1.29 is 14.2 Å². The Hall–Kier alpha value is -1.75. The number of ether oxygens (including phenoxy) is 3. The molecule has 0 saturated carbocycles. The van der Waals surface area contributed by atoms with Crippen LogP contribution in [0.15, 0.2) is 41.1 Å². The molecule has 1 heterocycles. The standard InChI is InChI=1S/C14H14BrNO3/c1-17-12-5-3-10(7-13(12)18-2)9-19-11-4-6-14(15)16-8-11/h3-8H,9H2,1-2H3. The first-order chi connectivity index (χ1) is 9.22. The molecule has 0 N–H and O–H groups in total. The van der Waals surface area contributed by atoms with E-state index < -0.39 is 0 Å². The minimum absolute atomic E-state index is 0.448. The Labute approximate surface area is 120 Å². The van der Waals surface area contributed by atoms with E-state index in [0.717, 1.165) is 15.9 Å². The molecule has 2 aromatic rings. The molecule has 4 nitrogen and oxygen atoms in total. The molecule has 100 valence electrons. The zero-order valence-electron chi connectivity index (χ0n) is 10.7. The van der Waals surface area contributed by atoms with Gasteiger partial charge in [-0.25, -0.2) is 4.98 Å². The molecule has 0 amide bonds. The molecule has 0 fully saturated rings. The average Bonchev–Trinajstić information content (AvgIpc) is 2.46. The number of hydrogen-bond donors (Lipinski definition) is 0. The van der Waals surface area contributed by atoms with E-state index in [2.05, 4.69) is 20.9 Å². The zero-order chi connectivity index (χ0) is 13.7. The Bertz CT molecular complexity index is 543. The molecule has 0 spiro atoms. The van der Waals surface area contributed by atoms with Crippen LogP contribution in [0.1, 0.15) is 5.56 Å². The quantitative estimate of drug-likeness (QED) is 0.790. The van der Waals surface area contributed by atoms with Crippen molar-refractivity contribution in [3.05, 3.63) is 46.7 Å². The molecule has 0 unspecified atom stereocenters. The Morgan fingerprint density at radius 1 is 1.05 bits per heavy atom. The van der Waals surface area contributed by atoms with Gasteiger partial charge in [0.1, 0.15) is 17.0 Å². The van der Waals surface area contributed by atoms with Gasteiger partial charge in [0.25, 0.3) is 0 Å². The summed E-state index contributed by atoms with van der Waals surface area (Å²) in [5.74, 6) is 2.12. The highest BCUT2D eigenvalue weighted by Crippen LogP contribution is 2.28. The van der Waals surface area contributed by atoms with Crippen LogP contribution in [-0.4, -0.2) is 19.2 Å². The minimum Gasteiger partial charge on any atom is -0.493 e. The van der Waals surface area contributed by atoms with Gasteiger partial charge in [-0.05, 0) is 45.8 Å². The average molecular weight is 324 g/mol. The largest absolute Gasteiger partial charge is 0.493 e. The molecule has 0 bridgehead atoms. The summed E-state index contributed by atoms with van der Waals surface area (Å²) < 4.78 is 16.9. The van der Waals surface area contributed by atoms with E-state index in [1.54, 1.807) is 20.4 Å². The molecule has 0 aliphatic rings. The van der Waals surface area contributed by atoms with E-state index in [1.165, 1.54) is 0 Å². The highest BCUT2D eigenvalue weighted by Gasteiger charge is 2.05. The van der Waals surface area contributed by atoms with Crippen molar-refractivity contribution in [3.63, 3.8) is 0 Å². The molecule has 0 aliphatic heterocycles. The van der Waals surface area contributed by atoms with Gasteiger partial charge in [-0.2, -0.15) is 0 Å². The van der Waals surface area contributed by atoms with Crippen LogP contribution in [-0.2, 0) is 6.61 Å². The summed E-state index contributed by atoms with van der Waals surface area (Å²) in [4.78, 5) is 4.10. The van der Waals surface area contributed by atoms with Gasteiger partial charge >= 0.3 is 0 Å². The molecule has 5 heteroatoms. The summed E-state index contributed by atoms with van der Waals surface area (Å²) in [7, 11) is 3.22. The molecule has 0 saturated heterocycles. The first-order valence-corrected chi connectivity index (χ1v) is 6.47. The number of halogens is 1. The number of methoxy groups -OCH3 is 2. The second kappa shape index (κ2) is 6.43. The van der Waals surface area contributed by atoms with Crippen molar-refractivity contribution in [3.8, 4) is 17.2 Å². The van der Waals surface area contributed by atoms with Crippen LogP contribution in [0.3, 0.4) is 0 Å². The fourth-order valence-corrected chi connectivity index (χ4v) is 1.82. The van der Waals surface area contributed by atoms with Crippen molar-refractivity contribution in [2.45, 2.75) is 6.61 Å². The van der Waals surface area contributed by atoms with Gasteiger partial charge < -0.3 is 14.2 Å². The van der Waals surface area contributed by atoms with E-state index in [9.17, 15) is 0 Å². The summed E-state index contributed by atoms with van der Waals surface area (Å²) in [6, 6.07) is 9.39. The van der Waals surface area contributed by atoms with Crippen molar-refractivity contribution in [2.75, 3.05) is 14.2 Å². The molecular formula is C14H14BrNO3. The lowest BCUT2D eigenvalue weighted by Gasteiger charge is -2.10. The third-order valence-corrected chi connectivity index (χ3v) is 3.02. The summed E-state index contributed by atoms with van der Waals surface area (Å²) in [6.07, 6.45) is 1.67. The lowest BCUT2D eigenvalue weighted by atomic mass is 10.2. The summed E-state index contributed by atoms with van der Waals surface area (Å²) in [6.45, 7) is 0.448. The first-order valence-electron chi connectivity index (χ1n) is 5.68. The minimum atomic E-state index is 0.448. The first kappa shape index (κ1) is 13.7. The number of nitrogens with zero attached hydrogens (tertiary/aromatic N) is 1. The summed E-state index contributed by atoms with van der Waals surface area (Å²) in [5, 5.41) is 0. The fraction of sp³-hybridized carbons (Fsp3) is 0.214. The SMILES string of the molecule is COc1ccc(COc2ccc(Br)nc2)cc1OC. The number of benzene rings is 1. The van der Waals surface area contributed by atoms with Gasteiger partial charge in [0.2, 0.25) is 0 Å².